The average molecular weight is 311 g/mol. The summed E-state index contributed by atoms with van der Waals surface area (Å²) in [7, 11) is 1.57. The Labute approximate surface area is 131 Å². The highest BCUT2D eigenvalue weighted by Crippen LogP contribution is 2.31. The number of carbonyl (C=O) groups excluding carboxylic acids is 1. The molecular formula is C16H23ClN2O2. The van der Waals surface area contributed by atoms with E-state index in [9.17, 15) is 4.79 Å². The van der Waals surface area contributed by atoms with Gasteiger partial charge in [0.05, 0.1) is 18.8 Å². The number of hydrogen-bond acceptors (Lipinski definition) is 3. The van der Waals surface area contributed by atoms with Gasteiger partial charge in [0.2, 0.25) is 5.91 Å². The summed E-state index contributed by atoms with van der Waals surface area (Å²) in [6.45, 7) is 5.85. The summed E-state index contributed by atoms with van der Waals surface area (Å²) in [4.78, 5) is 14.7. The Kier molecular flexibility index (Phi) is 5.48. The number of anilines is 1. The molecule has 0 unspecified atom stereocenters. The van der Waals surface area contributed by atoms with Crippen molar-refractivity contribution >= 4 is 23.2 Å². The number of amides is 1. The number of carbonyl (C=O) groups is 1. The highest BCUT2D eigenvalue weighted by atomic mass is 35.5. The van der Waals surface area contributed by atoms with Crippen LogP contribution in [-0.4, -0.2) is 37.0 Å². The topological polar surface area (TPSA) is 41.6 Å². The number of likely N-dealkylation sites (tertiary alicyclic amines) is 1. The van der Waals surface area contributed by atoms with E-state index in [-0.39, 0.29) is 11.9 Å². The molecule has 0 bridgehead atoms. The molecule has 0 saturated carbocycles. The second-order valence-corrected chi connectivity index (χ2v) is 5.97. The first-order chi connectivity index (χ1) is 10.0. The molecule has 1 aromatic carbocycles. The number of aryl methyl sites for hydroxylation is 1. The lowest BCUT2D eigenvalue weighted by Gasteiger charge is -2.31. The second-order valence-electron chi connectivity index (χ2n) is 5.56. The zero-order valence-electron chi connectivity index (χ0n) is 12.9. The largest absolute Gasteiger partial charge is 0.495 e. The Balaban J connectivity index is 2.09. The third kappa shape index (κ3) is 3.89. The fraction of sp³-hybridized carbons (Fsp3) is 0.562. The van der Waals surface area contributed by atoms with Gasteiger partial charge >= 0.3 is 0 Å². The molecule has 1 saturated heterocycles. The van der Waals surface area contributed by atoms with Gasteiger partial charge in [0.1, 0.15) is 5.75 Å². The molecule has 5 heteroatoms. The Morgan fingerprint density at radius 3 is 2.62 bits per heavy atom. The van der Waals surface area contributed by atoms with E-state index in [1.54, 1.807) is 13.2 Å². The molecule has 0 aliphatic carbocycles. The molecule has 4 nitrogen and oxygen atoms in total. The minimum Gasteiger partial charge on any atom is -0.495 e. The zero-order chi connectivity index (χ0) is 15.4. The quantitative estimate of drug-likeness (QED) is 0.926. The maximum Gasteiger partial charge on any atom is 0.241 e. The van der Waals surface area contributed by atoms with Gasteiger partial charge < -0.3 is 10.1 Å². The fourth-order valence-corrected chi connectivity index (χ4v) is 2.79. The monoisotopic (exact) mass is 310 g/mol. The van der Waals surface area contributed by atoms with E-state index in [4.69, 9.17) is 16.3 Å². The van der Waals surface area contributed by atoms with Crippen molar-refractivity contribution in [2.45, 2.75) is 39.2 Å². The molecule has 0 spiro atoms. The van der Waals surface area contributed by atoms with Crippen LogP contribution >= 0.6 is 11.6 Å². The van der Waals surface area contributed by atoms with Crippen molar-refractivity contribution in [1.29, 1.82) is 0 Å². The second kappa shape index (κ2) is 7.14. The van der Waals surface area contributed by atoms with E-state index in [2.05, 4.69) is 10.2 Å². The first kappa shape index (κ1) is 16.1. The minimum absolute atomic E-state index is 0.00285. The third-order valence-corrected chi connectivity index (χ3v) is 4.46. The third-order valence-electron chi connectivity index (χ3n) is 4.06. The van der Waals surface area contributed by atoms with Gasteiger partial charge in [-0.2, -0.15) is 0 Å². The maximum absolute atomic E-state index is 12.4. The summed E-state index contributed by atoms with van der Waals surface area (Å²) < 4.78 is 5.29. The van der Waals surface area contributed by atoms with Crippen molar-refractivity contribution in [3.8, 4) is 5.75 Å². The zero-order valence-corrected chi connectivity index (χ0v) is 13.7. The molecule has 1 heterocycles. The van der Waals surface area contributed by atoms with Gasteiger partial charge in [-0.15, -0.1) is 0 Å². The highest BCUT2D eigenvalue weighted by molar-refractivity contribution is 6.31. The first-order valence-electron chi connectivity index (χ1n) is 7.42. The smallest absolute Gasteiger partial charge is 0.241 e. The highest BCUT2D eigenvalue weighted by Gasteiger charge is 2.23. The Morgan fingerprint density at radius 1 is 1.33 bits per heavy atom. The Hall–Kier alpha value is -1.26. The first-order valence-corrected chi connectivity index (χ1v) is 7.79. The number of hydrogen-bond donors (Lipinski definition) is 1. The predicted molar refractivity (Wildman–Crippen MR) is 86.3 cm³/mol. The van der Waals surface area contributed by atoms with E-state index < -0.39 is 0 Å². The van der Waals surface area contributed by atoms with Crippen LogP contribution in [0.2, 0.25) is 5.02 Å². The van der Waals surface area contributed by atoms with Gasteiger partial charge in [-0.3, -0.25) is 9.69 Å². The van der Waals surface area contributed by atoms with Gasteiger partial charge in [-0.05, 0) is 51.4 Å². The summed E-state index contributed by atoms with van der Waals surface area (Å²) >= 11 is 6.08. The summed E-state index contributed by atoms with van der Waals surface area (Å²) in [6.07, 6.45) is 3.59. The molecule has 1 fully saturated rings. The summed E-state index contributed by atoms with van der Waals surface area (Å²) in [5, 5.41) is 3.60. The van der Waals surface area contributed by atoms with Crippen LogP contribution in [0.15, 0.2) is 12.1 Å². The average Bonchev–Trinajstić information content (AvgIpc) is 2.50. The number of piperidine rings is 1. The molecule has 1 aliphatic rings. The summed E-state index contributed by atoms with van der Waals surface area (Å²) in [5.74, 6) is 0.585. The normalized spacial score (nSPS) is 17.3. The van der Waals surface area contributed by atoms with Crippen molar-refractivity contribution < 1.29 is 9.53 Å². The lowest BCUT2D eigenvalue weighted by Crippen LogP contribution is -2.44. The van der Waals surface area contributed by atoms with Crippen LogP contribution in [0.4, 0.5) is 5.69 Å². The van der Waals surface area contributed by atoms with Gasteiger partial charge in [0.15, 0.2) is 0 Å². The van der Waals surface area contributed by atoms with Crippen LogP contribution in [-0.2, 0) is 4.79 Å². The standard InChI is InChI=1S/C16H23ClN2O2/c1-11-9-14(15(21-3)10-13(11)17)18-16(20)12(2)19-7-5-4-6-8-19/h9-10,12H,4-8H2,1-3H3,(H,18,20)/t12-/m1/s1. The van der Waals surface area contributed by atoms with Gasteiger partial charge in [0.25, 0.3) is 0 Å². The minimum atomic E-state index is -0.133. The fourth-order valence-electron chi connectivity index (χ4n) is 2.64. The van der Waals surface area contributed by atoms with Gasteiger partial charge in [0, 0.05) is 11.1 Å². The molecule has 21 heavy (non-hydrogen) atoms. The molecule has 1 atom stereocenters. The molecule has 0 radical (unpaired) electrons. The molecule has 1 aliphatic heterocycles. The van der Waals surface area contributed by atoms with E-state index in [0.717, 1.165) is 18.7 Å². The van der Waals surface area contributed by atoms with Crippen LogP contribution in [0.5, 0.6) is 5.75 Å². The lowest BCUT2D eigenvalue weighted by molar-refractivity contribution is -0.121. The molecule has 1 N–H and O–H groups in total. The number of methoxy groups -OCH3 is 1. The predicted octanol–water partition coefficient (Wildman–Crippen LogP) is 3.47. The van der Waals surface area contributed by atoms with Gasteiger partial charge in [-0.25, -0.2) is 0 Å². The van der Waals surface area contributed by atoms with E-state index >= 15 is 0 Å². The van der Waals surface area contributed by atoms with Crippen LogP contribution < -0.4 is 10.1 Å². The SMILES string of the molecule is COc1cc(Cl)c(C)cc1NC(=O)[C@@H](C)N1CCCCC1. The van der Waals surface area contributed by atoms with Crippen LogP contribution in [0, 0.1) is 6.92 Å². The van der Waals surface area contributed by atoms with Crippen molar-refractivity contribution in [2.24, 2.45) is 0 Å². The Morgan fingerprint density at radius 2 is 2.00 bits per heavy atom. The number of ether oxygens (including phenoxy) is 1. The van der Waals surface area contributed by atoms with Crippen molar-refractivity contribution in [3.63, 3.8) is 0 Å². The van der Waals surface area contributed by atoms with Gasteiger partial charge in [-0.1, -0.05) is 18.0 Å². The molecular weight excluding hydrogens is 288 g/mol. The summed E-state index contributed by atoms with van der Waals surface area (Å²) in [5.41, 5.74) is 1.59. The number of benzene rings is 1. The number of nitrogens with zero attached hydrogens (tertiary/aromatic N) is 1. The van der Waals surface area contributed by atoms with Crippen molar-refractivity contribution in [2.75, 3.05) is 25.5 Å². The summed E-state index contributed by atoms with van der Waals surface area (Å²) in [6, 6.07) is 3.45. The molecule has 2 rings (SSSR count). The lowest BCUT2D eigenvalue weighted by atomic mass is 10.1. The number of nitrogens with one attached hydrogen (secondary N) is 1. The van der Waals surface area contributed by atoms with Crippen LogP contribution in [0.1, 0.15) is 31.7 Å². The number of halogens is 1. The van der Waals surface area contributed by atoms with Crippen molar-refractivity contribution in [3.05, 3.63) is 22.7 Å². The van der Waals surface area contributed by atoms with E-state index in [1.165, 1.54) is 19.3 Å². The van der Waals surface area contributed by atoms with E-state index in [0.29, 0.717) is 16.5 Å². The maximum atomic E-state index is 12.4. The number of rotatable bonds is 4. The van der Waals surface area contributed by atoms with Crippen LogP contribution in [0.25, 0.3) is 0 Å². The molecule has 0 aromatic heterocycles. The molecule has 1 aromatic rings. The van der Waals surface area contributed by atoms with Crippen molar-refractivity contribution in [1.82, 2.24) is 4.90 Å². The molecule has 116 valence electrons. The Bertz CT molecular complexity index is 513. The van der Waals surface area contributed by atoms with Crippen LogP contribution in [0.3, 0.4) is 0 Å². The van der Waals surface area contributed by atoms with E-state index in [1.807, 2.05) is 19.9 Å². The molecule has 1 amide bonds.